The maximum absolute atomic E-state index is 9.82. The van der Waals surface area contributed by atoms with Crippen LogP contribution < -0.4 is 13.9 Å². The minimum Gasteiger partial charge on any atom is -0.509 e. The summed E-state index contributed by atoms with van der Waals surface area (Å²) in [5.41, 5.74) is 11.9. The van der Waals surface area contributed by atoms with Gasteiger partial charge < -0.3 is 9.30 Å². The van der Waals surface area contributed by atoms with Gasteiger partial charge in [-0.3, -0.25) is 0 Å². The summed E-state index contributed by atoms with van der Waals surface area (Å²) in [5, 5.41) is 11.7. The molecule has 0 N–H and O–H groups in total. The third-order valence-corrected chi connectivity index (χ3v) is 12.6. The van der Waals surface area contributed by atoms with Crippen LogP contribution in [0, 0.1) is 23.5 Å². The van der Waals surface area contributed by atoms with Crippen molar-refractivity contribution in [3.05, 3.63) is 179 Å². The number of ether oxygens (including phenoxy) is 1. The van der Waals surface area contributed by atoms with Crippen LogP contribution in [-0.4, -0.2) is 15.6 Å². The number of rotatable bonds is 7. The van der Waals surface area contributed by atoms with Crippen LogP contribution in [0.1, 0.15) is 110 Å². The summed E-state index contributed by atoms with van der Waals surface area (Å²) in [5.74, 6) is 1.86. The van der Waals surface area contributed by atoms with E-state index in [1.807, 2.05) is 48.7 Å². The summed E-state index contributed by atoms with van der Waals surface area (Å²) in [6.07, 6.45) is 1.86. The number of hydrogen-bond acceptors (Lipinski definition) is 3. The zero-order chi connectivity index (χ0) is 45.3. The number of benzene rings is 6. The van der Waals surface area contributed by atoms with Crippen LogP contribution in [-0.2, 0) is 42.7 Å². The molecule has 0 atom stereocenters. The number of nitrogens with zero attached hydrogens (tertiary/aromatic N) is 5. The summed E-state index contributed by atoms with van der Waals surface area (Å²) in [7, 11) is 0. The Bertz CT molecular complexity index is 3240. The van der Waals surface area contributed by atoms with Crippen LogP contribution >= 0.6 is 0 Å². The van der Waals surface area contributed by atoms with Crippen molar-refractivity contribution in [2.45, 2.75) is 97.8 Å². The topological polar surface area (TPSA) is 56.9 Å². The predicted octanol–water partition coefficient (Wildman–Crippen LogP) is 14.5. The van der Waals surface area contributed by atoms with Crippen molar-refractivity contribution < 1.29 is 25.8 Å². The largest absolute Gasteiger partial charge is 2.00 e. The molecule has 0 saturated heterocycles. The van der Waals surface area contributed by atoms with E-state index < -0.39 is 0 Å². The maximum atomic E-state index is 9.82. The fraction of sp³-hybridized carbons (Fsp3) is 0.259. The first-order valence-corrected chi connectivity index (χ1v) is 22.1. The van der Waals surface area contributed by atoms with E-state index in [1.54, 1.807) is 0 Å². The van der Waals surface area contributed by atoms with Crippen LogP contribution in [0.25, 0.3) is 27.6 Å². The Morgan fingerprint density at radius 2 is 1.29 bits per heavy atom. The Labute approximate surface area is 398 Å². The standard InChI is InChI=1S/C58H55N5O.Pt/c1-55(2,3)40-27-28-60-53(33-40)63-50-26-23-38(36-59)29-48(50)47-25-24-46(35-52(47)63)64-45-20-15-19-43(34-45)61-37-62(44-31-41(56(4,5)6)30-42(32-44)57(7,8)9)54-49(21-16-22-51(54)61)58(10,11)39-17-13-12-14-18-39;/h12-33H,1-11H3;/q;+2. The van der Waals surface area contributed by atoms with E-state index in [9.17, 15) is 5.26 Å². The molecule has 9 rings (SSSR count). The number of pyridine rings is 1. The minimum atomic E-state index is -0.331. The molecule has 0 bridgehead atoms. The van der Waals surface area contributed by atoms with Gasteiger partial charge in [-0.05, 0) is 78.8 Å². The SMILES string of the molecule is CC(C)(C)c1cc([N+]2=C=[N+](c3[c-]c(Oc4[c-]c5c(cc4)c4cc(C#N)ccc4n5-c4cc(C(C)(C)C)ccn4)ccc3)c3cccc(C(C)(C)c4ccccc4)c32)cc(C(C)(C)C)c1.[Pt+2]. The van der Waals surface area contributed by atoms with Gasteiger partial charge in [0.25, 0.3) is 5.69 Å². The fourth-order valence-corrected chi connectivity index (χ4v) is 8.69. The normalized spacial score (nSPS) is 13.0. The van der Waals surface area contributed by atoms with Gasteiger partial charge in [-0.1, -0.05) is 147 Å². The molecule has 3 heterocycles. The molecule has 2 aromatic heterocycles. The number of fused-ring (bicyclic) bond motifs is 4. The van der Waals surface area contributed by atoms with Crippen molar-refractivity contribution in [2.75, 3.05) is 0 Å². The molecule has 65 heavy (non-hydrogen) atoms. The third-order valence-electron chi connectivity index (χ3n) is 12.6. The Morgan fingerprint density at radius 1 is 0.615 bits per heavy atom. The molecule has 1 aliphatic rings. The molecular weight excluding hydrogens is 978 g/mol. The van der Waals surface area contributed by atoms with Gasteiger partial charge in [0.1, 0.15) is 11.5 Å². The van der Waals surface area contributed by atoms with E-state index in [-0.39, 0.29) is 42.7 Å². The molecular formula is C58H55N5OPt+2. The molecule has 7 heteroatoms. The molecule has 8 aromatic rings. The Hall–Kier alpha value is -6.37. The second kappa shape index (κ2) is 16.6. The average molecular weight is 1030 g/mol. The monoisotopic (exact) mass is 1030 g/mol. The average Bonchev–Trinajstić information content (AvgIpc) is 3.81. The summed E-state index contributed by atoms with van der Waals surface area (Å²) in [6.45, 7) is 24.9. The smallest absolute Gasteiger partial charge is 0.509 e. The second-order valence-corrected chi connectivity index (χ2v) is 20.6. The fourth-order valence-electron chi connectivity index (χ4n) is 8.69. The Morgan fingerprint density at radius 3 is 1.97 bits per heavy atom. The van der Waals surface area contributed by atoms with Crippen molar-refractivity contribution in [1.82, 2.24) is 18.7 Å². The van der Waals surface area contributed by atoms with Gasteiger partial charge in [-0.25, -0.2) is 4.98 Å². The van der Waals surface area contributed by atoms with E-state index in [0.717, 1.165) is 50.4 Å². The molecule has 0 fully saturated rings. The zero-order valence-corrected chi connectivity index (χ0v) is 41.4. The summed E-state index contributed by atoms with van der Waals surface area (Å²) in [6, 6.07) is 57.6. The molecule has 1 aliphatic heterocycles. The second-order valence-electron chi connectivity index (χ2n) is 20.6. The molecule has 0 radical (unpaired) electrons. The van der Waals surface area contributed by atoms with Crippen molar-refractivity contribution in [3.63, 3.8) is 0 Å². The van der Waals surface area contributed by atoms with E-state index >= 15 is 0 Å². The van der Waals surface area contributed by atoms with Crippen molar-refractivity contribution in [1.29, 1.82) is 5.26 Å². The van der Waals surface area contributed by atoms with E-state index in [1.165, 1.54) is 27.8 Å². The molecule has 6 nitrogen and oxygen atoms in total. The number of nitriles is 1. The Kier molecular flexibility index (Phi) is 11.5. The first-order valence-electron chi connectivity index (χ1n) is 22.1. The third kappa shape index (κ3) is 8.41. The maximum Gasteiger partial charge on any atom is 2.00 e. The van der Waals surface area contributed by atoms with Crippen LogP contribution in [0.2, 0.25) is 0 Å². The van der Waals surface area contributed by atoms with Gasteiger partial charge in [-0.15, -0.1) is 23.6 Å². The van der Waals surface area contributed by atoms with Crippen LogP contribution in [0.5, 0.6) is 11.5 Å². The van der Waals surface area contributed by atoms with E-state index in [4.69, 9.17) is 9.72 Å². The zero-order valence-electron chi connectivity index (χ0n) is 39.2. The van der Waals surface area contributed by atoms with E-state index in [0.29, 0.717) is 17.1 Å². The van der Waals surface area contributed by atoms with Gasteiger partial charge in [-0.2, -0.15) is 17.4 Å². The van der Waals surface area contributed by atoms with Crippen LogP contribution in [0.4, 0.5) is 22.7 Å². The van der Waals surface area contributed by atoms with Gasteiger partial charge in [0.2, 0.25) is 5.69 Å². The molecule has 0 amide bonds. The summed E-state index contributed by atoms with van der Waals surface area (Å²) < 4.78 is 13.1. The van der Waals surface area contributed by atoms with Crippen molar-refractivity contribution >= 4 is 50.6 Å². The van der Waals surface area contributed by atoms with Gasteiger partial charge in [0.15, 0.2) is 0 Å². The number of hydrogen-bond donors (Lipinski definition) is 0. The number of para-hydroxylation sites is 1. The molecule has 0 aliphatic carbocycles. The molecule has 0 spiro atoms. The van der Waals surface area contributed by atoms with Gasteiger partial charge >= 0.3 is 32.8 Å². The molecule has 0 saturated carbocycles. The minimum absolute atomic E-state index is 0. The first-order chi connectivity index (χ1) is 30.3. The molecule has 0 unspecified atom stereocenters. The quantitative estimate of drug-likeness (QED) is 0.118. The first kappa shape index (κ1) is 45.2. The van der Waals surface area contributed by atoms with Gasteiger partial charge in [0, 0.05) is 52.4 Å². The molecule has 6 aromatic carbocycles. The van der Waals surface area contributed by atoms with Crippen molar-refractivity contribution in [3.8, 4) is 23.4 Å². The summed E-state index contributed by atoms with van der Waals surface area (Å²) in [4.78, 5) is 4.84. The van der Waals surface area contributed by atoms with Gasteiger partial charge in [0.05, 0.1) is 11.6 Å². The molecule has 326 valence electrons. The van der Waals surface area contributed by atoms with Crippen LogP contribution in [0.15, 0.2) is 134 Å². The van der Waals surface area contributed by atoms with E-state index in [2.05, 4.69) is 199 Å². The Balaban J connectivity index is 0.00000576. The van der Waals surface area contributed by atoms with Crippen molar-refractivity contribution in [2.24, 2.45) is 0 Å². The number of aromatic nitrogens is 2. The van der Waals surface area contributed by atoms with Crippen LogP contribution in [0.3, 0.4) is 0 Å². The predicted molar refractivity (Wildman–Crippen MR) is 263 cm³/mol. The summed E-state index contributed by atoms with van der Waals surface area (Å²) >= 11 is 0.